The van der Waals surface area contributed by atoms with Crippen molar-refractivity contribution in [2.24, 2.45) is 7.05 Å². The molecule has 2 heterocycles. The van der Waals surface area contributed by atoms with Gasteiger partial charge in [-0.15, -0.1) is 0 Å². The molecule has 0 unspecified atom stereocenters. The highest BCUT2D eigenvalue weighted by molar-refractivity contribution is 5.85. The molecule has 0 saturated carbocycles. The Hall–Kier alpha value is -1.81. The molecule has 1 fully saturated rings. The van der Waals surface area contributed by atoms with Crippen LogP contribution in [-0.2, 0) is 23.0 Å². The molecule has 1 saturated heterocycles. The molecular formula is C19H26N2O2. The van der Waals surface area contributed by atoms with Gasteiger partial charge >= 0.3 is 0 Å². The van der Waals surface area contributed by atoms with Crippen LogP contribution in [0, 0.1) is 0 Å². The Labute approximate surface area is 137 Å². The molecule has 3 rings (SSSR count). The minimum atomic E-state index is -0.133. The number of rotatable bonds is 4. The third-order valence-corrected chi connectivity index (χ3v) is 4.66. The van der Waals surface area contributed by atoms with Crippen molar-refractivity contribution in [2.45, 2.75) is 51.2 Å². The molecule has 124 valence electrons. The fourth-order valence-corrected chi connectivity index (χ4v) is 3.53. The summed E-state index contributed by atoms with van der Waals surface area (Å²) in [5, 5.41) is 4.42. The maximum Gasteiger partial charge on any atom is 0.220 e. The molecule has 1 aliphatic rings. The Morgan fingerprint density at radius 3 is 2.96 bits per heavy atom. The number of nitrogens with zero attached hydrogens (tertiary/aromatic N) is 1. The average Bonchev–Trinajstić information content (AvgIpc) is 2.81. The zero-order chi connectivity index (χ0) is 16.4. The number of hydrogen-bond acceptors (Lipinski definition) is 2. The Morgan fingerprint density at radius 1 is 1.39 bits per heavy atom. The van der Waals surface area contributed by atoms with Crippen molar-refractivity contribution in [1.82, 2.24) is 9.88 Å². The van der Waals surface area contributed by atoms with Gasteiger partial charge in [0.2, 0.25) is 5.91 Å². The van der Waals surface area contributed by atoms with E-state index in [1.165, 1.54) is 16.5 Å². The lowest BCUT2D eigenvalue weighted by Gasteiger charge is -2.35. The third-order valence-electron chi connectivity index (χ3n) is 4.66. The molecule has 1 aromatic heterocycles. The van der Waals surface area contributed by atoms with Gasteiger partial charge in [-0.1, -0.05) is 18.2 Å². The van der Waals surface area contributed by atoms with Crippen molar-refractivity contribution in [3.8, 4) is 0 Å². The predicted molar refractivity (Wildman–Crippen MR) is 92.4 cm³/mol. The summed E-state index contributed by atoms with van der Waals surface area (Å²) in [5.41, 5.74) is 2.32. The van der Waals surface area contributed by atoms with Gasteiger partial charge in [-0.25, -0.2) is 0 Å². The number of ether oxygens (including phenoxy) is 1. The van der Waals surface area contributed by atoms with Crippen LogP contribution >= 0.6 is 0 Å². The maximum absolute atomic E-state index is 12.3. The molecule has 2 aromatic rings. The van der Waals surface area contributed by atoms with Crippen LogP contribution in [0.15, 0.2) is 30.5 Å². The summed E-state index contributed by atoms with van der Waals surface area (Å²) in [7, 11) is 2.05. The summed E-state index contributed by atoms with van der Waals surface area (Å²) in [6, 6.07) is 8.58. The first-order chi connectivity index (χ1) is 10.9. The van der Waals surface area contributed by atoms with E-state index in [4.69, 9.17) is 4.74 Å². The van der Waals surface area contributed by atoms with E-state index in [1.807, 2.05) is 6.07 Å². The van der Waals surface area contributed by atoms with E-state index in [2.05, 4.69) is 55.2 Å². The molecule has 1 atom stereocenters. The first kappa shape index (κ1) is 16.1. The number of benzene rings is 1. The molecule has 4 nitrogen and oxygen atoms in total. The van der Waals surface area contributed by atoms with Crippen LogP contribution in [0.1, 0.15) is 38.7 Å². The zero-order valence-corrected chi connectivity index (χ0v) is 14.3. The van der Waals surface area contributed by atoms with Crippen molar-refractivity contribution >= 4 is 16.8 Å². The SMILES string of the molecule is Cn1cc(CCC(=O)N[C@H]2CCOC(C)(C)C2)c2ccccc21. The van der Waals surface area contributed by atoms with E-state index < -0.39 is 0 Å². The Morgan fingerprint density at radius 2 is 2.17 bits per heavy atom. The predicted octanol–water partition coefficient (Wildman–Crippen LogP) is 3.18. The number of amides is 1. The number of para-hydroxylation sites is 1. The van der Waals surface area contributed by atoms with Crippen molar-refractivity contribution in [2.75, 3.05) is 6.61 Å². The van der Waals surface area contributed by atoms with Gasteiger partial charge in [0, 0.05) is 43.2 Å². The number of aryl methyl sites for hydroxylation is 2. The number of hydrogen-bond donors (Lipinski definition) is 1. The van der Waals surface area contributed by atoms with Gasteiger partial charge in [0.15, 0.2) is 0 Å². The third kappa shape index (κ3) is 3.75. The maximum atomic E-state index is 12.3. The van der Waals surface area contributed by atoms with Crippen LogP contribution < -0.4 is 5.32 Å². The van der Waals surface area contributed by atoms with E-state index in [0.29, 0.717) is 6.42 Å². The van der Waals surface area contributed by atoms with E-state index in [9.17, 15) is 4.79 Å². The van der Waals surface area contributed by atoms with Gasteiger partial charge in [0.05, 0.1) is 5.60 Å². The monoisotopic (exact) mass is 314 g/mol. The van der Waals surface area contributed by atoms with Gasteiger partial charge in [0.25, 0.3) is 0 Å². The topological polar surface area (TPSA) is 43.3 Å². The highest BCUT2D eigenvalue weighted by Gasteiger charge is 2.29. The number of fused-ring (bicyclic) bond motifs is 1. The van der Waals surface area contributed by atoms with Crippen molar-refractivity contribution in [1.29, 1.82) is 0 Å². The van der Waals surface area contributed by atoms with Crippen LogP contribution in [0.4, 0.5) is 0 Å². The summed E-state index contributed by atoms with van der Waals surface area (Å²) in [4.78, 5) is 12.3. The fraction of sp³-hybridized carbons (Fsp3) is 0.526. The smallest absolute Gasteiger partial charge is 0.220 e. The zero-order valence-electron chi connectivity index (χ0n) is 14.3. The second-order valence-electron chi connectivity index (χ2n) is 7.15. The lowest BCUT2D eigenvalue weighted by molar-refractivity contribution is -0.124. The van der Waals surface area contributed by atoms with Gasteiger partial charge in [-0.2, -0.15) is 0 Å². The molecule has 0 bridgehead atoms. The summed E-state index contributed by atoms with van der Waals surface area (Å²) >= 11 is 0. The largest absolute Gasteiger partial charge is 0.375 e. The van der Waals surface area contributed by atoms with Gasteiger partial charge in [0.1, 0.15) is 0 Å². The molecule has 1 N–H and O–H groups in total. The fourth-order valence-electron chi connectivity index (χ4n) is 3.53. The molecular weight excluding hydrogens is 288 g/mol. The minimum absolute atomic E-state index is 0.133. The lowest BCUT2D eigenvalue weighted by Crippen LogP contribution is -2.45. The highest BCUT2D eigenvalue weighted by Crippen LogP contribution is 2.24. The number of carbonyl (C=O) groups excluding carboxylic acids is 1. The van der Waals surface area contributed by atoms with Gasteiger partial charge in [-0.3, -0.25) is 4.79 Å². The summed E-state index contributed by atoms with van der Waals surface area (Å²) in [6.45, 7) is 4.89. The van der Waals surface area contributed by atoms with E-state index in [1.54, 1.807) is 0 Å². The van der Waals surface area contributed by atoms with E-state index >= 15 is 0 Å². The summed E-state index contributed by atoms with van der Waals surface area (Å²) in [5.74, 6) is 0.139. The molecule has 0 spiro atoms. The number of aromatic nitrogens is 1. The van der Waals surface area contributed by atoms with Gasteiger partial charge < -0.3 is 14.6 Å². The quantitative estimate of drug-likeness (QED) is 0.942. The number of carbonyl (C=O) groups is 1. The van der Waals surface area contributed by atoms with Crippen LogP contribution in [-0.4, -0.2) is 28.7 Å². The summed E-state index contributed by atoms with van der Waals surface area (Å²) < 4.78 is 7.83. The molecule has 1 amide bonds. The first-order valence-corrected chi connectivity index (χ1v) is 8.41. The van der Waals surface area contributed by atoms with Crippen LogP contribution in [0.25, 0.3) is 10.9 Å². The molecule has 4 heteroatoms. The Balaban J connectivity index is 1.58. The second-order valence-corrected chi connectivity index (χ2v) is 7.15. The normalized spacial score (nSPS) is 20.6. The second kappa shape index (κ2) is 6.36. The number of nitrogens with one attached hydrogen (secondary N) is 1. The minimum Gasteiger partial charge on any atom is -0.375 e. The van der Waals surface area contributed by atoms with Crippen molar-refractivity contribution < 1.29 is 9.53 Å². The Kier molecular flexibility index (Phi) is 4.44. The molecule has 1 aliphatic heterocycles. The van der Waals surface area contributed by atoms with Crippen LogP contribution in [0.3, 0.4) is 0 Å². The highest BCUT2D eigenvalue weighted by atomic mass is 16.5. The Bertz CT molecular complexity index is 702. The van der Waals surface area contributed by atoms with E-state index in [-0.39, 0.29) is 17.6 Å². The standard InChI is InChI=1S/C19H26N2O2/c1-19(2)12-15(10-11-23-19)20-18(22)9-8-14-13-21(3)17-7-5-4-6-16(14)17/h4-7,13,15H,8-12H2,1-3H3,(H,20,22)/t15-/m0/s1. The molecule has 0 radical (unpaired) electrons. The molecule has 23 heavy (non-hydrogen) atoms. The van der Waals surface area contributed by atoms with Gasteiger partial charge in [-0.05, 0) is 44.7 Å². The average molecular weight is 314 g/mol. The van der Waals surface area contributed by atoms with Crippen molar-refractivity contribution in [3.05, 3.63) is 36.0 Å². The van der Waals surface area contributed by atoms with Crippen LogP contribution in [0.2, 0.25) is 0 Å². The van der Waals surface area contributed by atoms with Crippen molar-refractivity contribution in [3.63, 3.8) is 0 Å². The van der Waals surface area contributed by atoms with E-state index in [0.717, 1.165) is 25.9 Å². The first-order valence-electron chi connectivity index (χ1n) is 8.41. The lowest BCUT2D eigenvalue weighted by atomic mass is 9.94. The molecule has 0 aliphatic carbocycles. The molecule has 1 aromatic carbocycles. The summed E-state index contributed by atoms with van der Waals surface area (Å²) in [6.07, 6.45) is 5.23. The van der Waals surface area contributed by atoms with Crippen LogP contribution in [0.5, 0.6) is 0 Å².